The largest absolute Gasteiger partial charge is 0.508 e. The lowest BCUT2D eigenvalue weighted by molar-refractivity contribution is -0.310. The van der Waals surface area contributed by atoms with Crippen LogP contribution >= 0.6 is 0 Å². The zero-order valence-corrected chi connectivity index (χ0v) is 26.3. The predicted octanol–water partition coefficient (Wildman–Crippen LogP) is 0.849. The van der Waals surface area contributed by atoms with Crippen molar-refractivity contribution < 1.29 is 63.6 Å². The fourth-order valence-electron chi connectivity index (χ4n) is 6.93. The van der Waals surface area contributed by atoms with Gasteiger partial charge in [0, 0.05) is 17.9 Å². The number of benzene rings is 1. The van der Waals surface area contributed by atoms with Gasteiger partial charge in [-0.1, -0.05) is 51.3 Å². The van der Waals surface area contributed by atoms with Gasteiger partial charge in [-0.3, -0.25) is 4.79 Å². The number of carbonyl (C=O) groups excluding carboxylic acids is 3. The highest BCUT2D eigenvalue weighted by molar-refractivity contribution is 5.91. The molecule has 2 aliphatic heterocycles. The highest BCUT2D eigenvalue weighted by atomic mass is 16.7. The molecule has 0 amide bonds. The topological polar surface area (TPSA) is 199 Å². The van der Waals surface area contributed by atoms with Crippen LogP contribution in [0.25, 0.3) is 0 Å². The number of hydrogen-bond donors (Lipinski definition) is 5. The highest BCUT2D eigenvalue weighted by Gasteiger charge is 2.58. The minimum absolute atomic E-state index is 0.0267. The normalized spacial score (nSPS) is 35.9. The lowest BCUT2D eigenvalue weighted by Crippen LogP contribution is -2.61. The second-order valence-corrected chi connectivity index (χ2v) is 13.0. The summed E-state index contributed by atoms with van der Waals surface area (Å²) in [5.74, 6) is -4.16. The SMILES string of the molecule is C=C1C(=O)O[C@@H]2[C@H]3C(=C)[C@@H](O[C@@H]4O[C@H](CO)[C@@H](OC(=O)Cc5ccc(O)cc5)[C@@H](O)[C@H]4O)C[C@H]3C(=C)C[C@@H](OC(=O)[C@H](O)C(C)C)[C@@H]12. The van der Waals surface area contributed by atoms with Crippen molar-refractivity contribution in [3.8, 4) is 5.75 Å². The van der Waals surface area contributed by atoms with E-state index in [0.29, 0.717) is 16.7 Å². The Kier molecular flexibility index (Phi) is 10.3. The summed E-state index contributed by atoms with van der Waals surface area (Å²) >= 11 is 0. The summed E-state index contributed by atoms with van der Waals surface area (Å²) in [6.07, 6.45) is -11.0. The minimum atomic E-state index is -1.68. The molecular formula is C34H42O13. The molecule has 0 aromatic heterocycles. The van der Waals surface area contributed by atoms with Crippen LogP contribution in [0.5, 0.6) is 5.75 Å². The molecule has 4 fully saturated rings. The maximum atomic E-state index is 12.7. The number of carbonyl (C=O) groups is 3. The van der Waals surface area contributed by atoms with Gasteiger partial charge in [-0.15, -0.1) is 0 Å². The van der Waals surface area contributed by atoms with Gasteiger partial charge in [0.25, 0.3) is 0 Å². The maximum Gasteiger partial charge on any atom is 0.335 e. The van der Waals surface area contributed by atoms with Gasteiger partial charge in [-0.25, -0.2) is 9.59 Å². The Balaban J connectivity index is 1.28. The van der Waals surface area contributed by atoms with Gasteiger partial charge in [0.15, 0.2) is 18.5 Å². The van der Waals surface area contributed by atoms with Gasteiger partial charge in [0.1, 0.15) is 36.3 Å². The van der Waals surface area contributed by atoms with E-state index in [1.54, 1.807) is 13.8 Å². The zero-order valence-electron chi connectivity index (χ0n) is 26.3. The van der Waals surface area contributed by atoms with E-state index in [9.17, 15) is 39.9 Å². The standard InChI is InChI=1S/C34H42O13/c1-14(2)27(38)33(42)43-22-10-15(3)20-12-21(16(4)25(20)31-26(22)17(5)32(41)47-31)44-34-29(40)28(39)30(23(13-35)45-34)46-24(37)11-18-6-8-19(36)9-7-18/h6-9,14,20-23,25-31,34-36,38-40H,3-5,10-13H2,1-2H3/t20-,21-,22+,23+,25-,26+,27+,28-,29+,30+,31+,34+/m0/s1. The van der Waals surface area contributed by atoms with Gasteiger partial charge in [-0.2, -0.15) is 0 Å². The summed E-state index contributed by atoms with van der Waals surface area (Å²) in [7, 11) is 0. The Hall–Kier alpha value is -3.59. The van der Waals surface area contributed by atoms with E-state index >= 15 is 0 Å². The Morgan fingerprint density at radius 3 is 2.36 bits per heavy atom. The van der Waals surface area contributed by atoms with Gasteiger partial charge < -0.3 is 49.2 Å². The molecule has 0 spiro atoms. The van der Waals surface area contributed by atoms with Crippen LogP contribution in [0.2, 0.25) is 0 Å². The van der Waals surface area contributed by atoms with Crippen LogP contribution in [0.3, 0.4) is 0 Å². The third-order valence-corrected chi connectivity index (χ3v) is 9.56. The van der Waals surface area contributed by atoms with E-state index in [1.807, 2.05) is 0 Å². The van der Waals surface area contributed by atoms with Crippen molar-refractivity contribution in [1.29, 1.82) is 0 Å². The summed E-state index contributed by atoms with van der Waals surface area (Å²) in [6, 6.07) is 5.88. The number of rotatable bonds is 9. The monoisotopic (exact) mass is 658 g/mol. The molecule has 1 aromatic carbocycles. The molecule has 0 bridgehead atoms. The first-order chi connectivity index (χ1) is 22.2. The molecule has 12 atom stereocenters. The van der Waals surface area contributed by atoms with Crippen molar-refractivity contribution in [2.75, 3.05) is 6.61 Å². The molecule has 1 aromatic rings. The molecule has 2 heterocycles. The quantitative estimate of drug-likeness (QED) is 0.108. The molecule has 47 heavy (non-hydrogen) atoms. The molecule has 0 unspecified atom stereocenters. The molecule has 2 saturated heterocycles. The Bertz CT molecular complexity index is 1400. The second-order valence-electron chi connectivity index (χ2n) is 13.0. The highest BCUT2D eigenvalue weighted by Crippen LogP contribution is 2.53. The first-order valence-corrected chi connectivity index (χ1v) is 15.6. The minimum Gasteiger partial charge on any atom is -0.508 e. The molecule has 13 nitrogen and oxygen atoms in total. The third kappa shape index (κ3) is 6.87. The van der Waals surface area contributed by atoms with Crippen molar-refractivity contribution in [1.82, 2.24) is 0 Å². The number of hydrogen-bond acceptors (Lipinski definition) is 13. The van der Waals surface area contributed by atoms with Gasteiger partial charge in [0.05, 0.1) is 25.0 Å². The number of ether oxygens (including phenoxy) is 5. The fraction of sp³-hybridized carbons (Fsp3) is 0.559. The van der Waals surface area contributed by atoms with Crippen molar-refractivity contribution in [3.05, 3.63) is 66.3 Å². The van der Waals surface area contributed by atoms with E-state index < -0.39 is 91.5 Å². The number of phenolic OH excluding ortho intramolecular Hbond substituents is 1. The van der Waals surface area contributed by atoms with E-state index in [4.69, 9.17) is 23.7 Å². The molecule has 256 valence electrons. The van der Waals surface area contributed by atoms with Gasteiger partial charge in [0.2, 0.25) is 0 Å². The average molecular weight is 659 g/mol. The molecular weight excluding hydrogens is 616 g/mol. The maximum absolute atomic E-state index is 12.7. The van der Waals surface area contributed by atoms with E-state index in [0.717, 1.165) is 0 Å². The van der Waals surface area contributed by atoms with Gasteiger partial charge >= 0.3 is 17.9 Å². The zero-order chi connectivity index (χ0) is 34.3. The molecule has 0 radical (unpaired) electrons. The smallest absolute Gasteiger partial charge is 0.335 e. The lowest BCUT2D eigenvalue weighted by atomic mass is 9.81. The van der Waals surface area contributed by atoms with E-state index in [-0.39, 0.29) is 42.4 Å². The fourth-order valence-corrected chi connectivity index (χ4v) is 6.93. The third-order valence-electron chi connectivity index (χ3n) is 9.56. The van der Waals surface area contributed by atoms with Crippen LogP contribution in [0.15, 0.2) is 60.7 Å². The molecule has 4 aliphatic rings. The lowest BCUT2D eigenvalue weighted by Gasteiger charge is -2.42. The summed E-state index contributed by atoms with van der Waals surface area (Å²) in [6.45, 7) is 15.0. The summed E-state index contributed by atoms with van der Waals surface area (Å²) < 4.78 is 28.8. The number of fused-ring (bicyclic) bond motifs is 3. The second kappa shape index (κ2) is 13.9. The number of esters is 3. The predicted molar refractivity (Wildman–Crippen MR) is 162 cm³/mol. The summed E-state index contributed by atoms with van der Waals surface area (Å²) in [4.78, 5) is 38.1. The molecule has 13 heteroatoms. The number of aromatic hydroxyl groups is 1. The Morgan fingerprint density at radius 2 is 1.72 bits per heavy atom. The Morgan fingerprint density at radius 1 is 1.04 bits per heavy atom. The van der Waals surface area contributed by atoms with Crippen molar-refractivity contribution in [3.63, 3.8) is 0 Å². The van der Waals surface area contributed by atoms with Crippen molar-refractivity contribution in [2.45, 2.75) is 88.2 Å². The number of aliphatic hydroxyl groups excluding tert-OH is 4. The van der Waals surface area contributed by atoms with Crippen LogP contribution in [-0.4, -0.2) is 105 Å². The molecule has 2 saturated carbocycles. The Labute approximate surface area is 272 Å². The average Bonchev–Trinajstić information content (AvgIpc) is 3.47. The van der Waals surface area contributed by atoms with E-state index in [2.05, 4.69) is 19.7 Å². The van der Waals surface area contributed by atoms with Crippen LogP contribution < -0.4 is 0 Å². The van der Waals surface area contributed by atoms with Crippen molar-refractivity contribution in [2.24, 2.45) is 23.7 Å². The van der Waals surface area contributed by atoms with E-state index in [1.165, 1.54) is 24.3 Å². The molecule has 2 aliphatic carbocycles. The van der Waals surface area contributed by atoms with Crippen LogP contribution in [0.4, 0.5) is 0 Å². The summed E-state index contributed by atoms with van der Waals surface area (Å²) in [5, 5.41) is 51.7. The molecule has 5 N–H and O–H groups in total. The number of aliphatic hydroxyl groups is 4. The van der Waals surface area contributed by atoms with Crippen molar-refractivity contribution >= 4 is 17.9 Å². The molecule has 5 rings (SSSR count). The number of phenols is 1. The summed E-state index contributed by atoms with van der Waals surface area (Å²) in [5.41, 5.74) is 1.84. The first kappa shape index (κ1) is 34.7. The van der Waals surface area contributed by atoms with Crippen LogP contribution in [0.1, 0.15) is 32.3 Å². The van der Waals surface area contributed by atoms with Crippen LogP contribution in [0, 0.1) is 23.7 Å². The van der Waals surface area contributed by atoms with Gasteiger partial charge in [-0.05, 0) is 41.5 Å². The van der Waals surface area contributed by atoms with Crippen LogP contribution in [-0.2, 0) is 44.5 Å². The first-order valence-electron chi connectivity index (χ1n) is 15.6.